The van der Waals surface area contributed by atoms with Crippen LogP contribution in [0.4, 0.5) is 0 Å². The monoisotopic (exact) mass is 262 g/mol. The Labute approximate surface area is 106 Å². The van der Waals surface area contributed by atoms with Gasteiger partial charge < -0.3 is 18.6 Å². The normalized spacial score (nSPS) is 22.9. The zero-order valence-corrected chi connectivity index (χ0v) is 12.5. The lowest BCUT2D eigenvalue weighted by atomic mass is 10.4. The summed E-state index contributed by atoms with van der Waals surface area (Å²) >= 11 is 0. The summed E-state index contributed by atoms with van der Waals surface area (Å²) in [6.07, 6.45) is 0. The number of nitrogens with one attached hydrogen (secondary N) is 1. The van der Waals surface area contributed by atoms with E-state index in [2.05, 4.69) is 17.3 Å². The summed E-state index contributed by atoms with van der Waals surface area (Å²) in [6, 6.07) is 0. The van der Waals surface area contributed by atoms with E-state index in [0.717, 1.165) is 19.6 Å². The number of likely N-dealkylation sites (N-methyl/N-ethyl adjacent to an activating group) is 1. The lowest BCUT2D eigenvalue weighted by Gasteiger charge is -2.42. The summed E-state index contributed by atoms with van der Waals surface area (Å²) in [5, 5.41) is 3.40. The highest BCUT2D eigenvalue weighted by molar-refractivity contribution is 6.62. The van der Waals surface area contributed by atoms with Crippen LogP contribution >= 0.6 is 0 Å². The average Bonchev–Trinajstić information content (AvgIpc) is 2.30. The van der Waals surface area contributed by atoms with E-state index in [1.165, 1.54) is 0 Å². The van der Waals surface area contributed by atoms with Crippen LogP contribution in [-0.4, -0.2) is 65.9 Å². The van der Waals surface area contributed by atoms with Crippen molar-refractivity contribution in [1.29, 1.82) is 0 Å². The molecule has 1 aliphatic heterocycles. The van der Waals surface area contributed by atoms with Crippen LogP contribution in [0.15, 0.2) is 0 Å². The minimum absolute atomic E-state index is 0.219. The maximum absolute atomic E-state index is 5.93. The molecule has 1 heterocycles. The van der Waals surface area contributed by atoms with Crippen molar-refractivity contribution in [2.75, 3.05) is 46.5 Å². The third-order valence-corrected chi connectivity index (χ3v) is 6.49. The molecule has 1 saturated heterocycles. The first-order valence-corrected chi connectivity index (χ1v) is 8.33. The number of hydrogen-bond acceptors (Lipinski definition) is 5. The largest absolute Gasteiger partial charge is 0.520 e. The van der Waals surface area contributed by atoms with Gasteiger partial charge in [0.25, 0.3) is 0 Å². The van der Waals surface area contributed by atoms with E-state index in [4.69, 9.17) is 13.3 Å². The van der Waals surface area contributed by atoms with Crippen LogP contribution in [0.25, 0.3) is 0 Å². The molecule has 0 spiro atoms. The molecule has 1 fully saturated rings. The number of hydrogen-bond donors (Lipinski definition) is 1. The maximum Gasteiger partial charge on any atom is 0.520 e. The molecular formula is C11H26N2O3Si. The van der Waals surface area contributed by atoms with Crippen molar-refractivity contribution in [1.82, 2.24) is 10.2 Å². The van der Waals surface area contributed by atoms with Gasteiger partial charge in [0.15, 0.2) is 0 Å². The standard InChI is InChI=1S/C11H26N2O3Si/c1-5-14-17(15-6-2,16-7-3)11-10-12-8-9-13(11)4/h11-12H,5-10H2,1-4H3. The van der Waals surface area contributed by atoms with Crippen LogP contribution in [0.2, 0.25) is 0 Å². The molecule has 1 unspecified atom stereocenters. The van der Waals surface area contributed by atoms with E-state index in [1.807, 2.05) is 20.8 Å². The topological polar surface area (TPSA) is 43.0 Å². The predicted octanol–water partition coefficient (Wildman–Crippen LogP) is 0.478. The molecule has 1 atom stereocenters. The first-order valence-electron chi connectivity index (χ1n) is 6.53. The Morgan fingerprint density at radius 1 is 1.12 bits per heavy atom. The Morgan fingerprint density at radius 3 is 2.06 bits per heavy atom. The third kappa shape index (κ3) is 3.74. The van der Waals surface area contributed by atoms with E-state index in [0.29, 0.717) is 19.8 Å². The molecule has 0 bridgehead atoms. The van der Waals surface area contributed by atoms with Gasteiger partial charge in [-0.1, -0.05) is 0 Å². The van der Waals surface area contributed by atoms with Gasteiger partial charge in [-0.15, -0.1) is 0 Å². The lowest BCUT2D eigenvalue weighted by Crippen LogP contribution is -2.68. The van der Waals surface area contributed by atoms with Gasteiger partial charge in [0, 0.05) is 39.5 Å². The SMILES string of the molecule is CCO[Si](OCC)(OCC)C1CNCCN1C. The second-order valence-corrected chi connectivity index (χ2v) is 6.84. The van der Waals surface area contributed by atoms with Crippen molar-refractivity contribution < 1.29 is 13.3 Å². The molecule has 5 nitrogen and oxygen atoms in total. The second-order valence-electron chi connectivity index (χ2n) is 4.10. The first kappa shape index (κ1) is 15.1. The van der Waals surface area contributed by atoms with Gasteiger partial charge in [-0.05, 0) is 27.8 Å². The van der Waals surface area contributed by atoms with Crippen LogP contribution in [-0.2, 0) is 13.3 Å². The van der Waals surface area contributed by atoms with Gasteiger partial charge in [0.05, 0.1) is 5.67 Å². The Balaban J connectivity index is 2.83. The van der Waals surface area contributed by atoms with Gasteiger partial charge in [0.2, 0.25) is 0 Å². The molecule has 17 heavy (non-hydrogen) atoms. The van der Waals surface area contributed by atoms with Crippen molar-refractivity contribution in [2.24, 2.45) is 0 Å². The van der Waals surface area contributed by atoms with Crippen molar-refractivity contribution in [3.05, 3.63) is 0 Å². The molecule has 6 heteroatoms. The Kier molecular flexibility index (Phi) is 6.61. The molecule has 0 aromatic heterocycles. The lowest BCUT2D eigenvalue weighted by molar-refractivity contribution is 0.0348. The van der Waals surface area contributed by atoms with Crippen molar-refractivity contribution in [3.63, 3.8) is 0 Å². The minimum Gasteiger partial charge on any atom is -0.373 e. The molecule has 0 saturated carbocycles. The Hall–Kier alpha value is 0.0169. The summed E-state index contributed by atoms with van der Waals surface area (Å²) in [5.41, 5.74) is 0.219. The molecule has 0 aromatic rings. The molecule has 1 N–H and O–H groups in total. The summed E-state index contributed by atoms with van der Waals surface area (Å²) < 4.78 is 17.8. The summed E-state index contributed by atoms with van der Waals surface area (Å²) in [7, 11) is -0.479. The number of rotatable bonds is 7. The van der Waals surface area contributed by atoms with Crippen LogP contribution in [0.5, 0.6) is 0 Å². The van der Waals surface area contributed by atoms with E-state index >= 15 is 0 Å². The second kappa shape index (κ2) is 7.45. The van der Waals surface area contributed by atoms with Crippen LogP contribution in [0.1, 0.15) is 20.8 Å². The van der Waals surface area contributed by atoms with Crippen LogP contribution < -0.4 is 5.32 Å². The molecule has 1 rings (SSSR count). The fraction of sp³-hybridized carbons (Fsp3) is 1.00. The summed E-state index contributed by atoms with van der Waals surface area (Å²) in [5.74, 6) is 0. The van der Waals surface area contributed by atoms with Crippen molar-refractivity contribution in [3.8, 4) is 0 Å². The van der Waals surface area contributed by atoms with Gasteiger partial charge >= 0.3 is 8.80 Å². The quantitative estimate of drug-likeness (QED) is 0.676. The molecule has 0 radical (unpaired) electrons. The summed E-state index contributed by atoms with van der Waals surface area (Å²) in [4.78, 5) is 2.30. The molecule has 1 aliphatic rings. The molecule has 0 aliphatic carbocycles. The molecule has 0 amide bonds. The fourth-order valence-corrected chi connectivity index (χ4v) is 5.32. The zero-order chi connectivity index (χ0) is 12.7. The van der Waals surface area contributed by atoms with E-state index in [9.17, 15) is 0 Å². The van der Waals surface area contributed by atoms with E-state index in [-0.39, 0.29) is 5.67 Å². The summed E-state index contributed by atoms with van der Waals surface area (Å²) in [6.45, 7) is 10.8. The third-order valence-electron chi connectivity index (χ3n) is 2.96. The van der Waals surface area contributed by atoms with Gasteiger partial charge in [-0.25, -0.2) is 0 Å². The highest BCUT2D eigenvalue weighted by atomic mass is 28.4. The van der Waals surface area contributed by atoms with Gasteiger partial charge in [0.1, 0.15) is 0 Å². The van der Waals surface area contributed by atoms with Gasteiger partial charge in [-0.3, -0.25) is 4.90 Å². The van der Waals surface area contributed by atoms with Crippen molar-refractivity contribution in [2.45, 2.75) is 26.4 Å². The zero-order valence-electron chi connectivity index (χ0n) is 11.5. The number of nitrogens with zero attached hydrogens (tertiary/aromatic N) is 1. The first-order chi connectivity index (χ1) is 8.20. The number of piperazine rings is 1. The van der Waals surface area contributed by atoms with E-state index in [1.54, 1.807) is 0 Å². The van der Waals surface area contributed by atoms with E-state index < -0.39 is 8.80 Å². The van der Waals surface area contributed by atoms with Gasteiger partial charge in [-0.2, -0.15) is 0 Å². The predicted molar refractivity (Wildman–Crippen MR) is 69.9 cm³/mol. The molecular weight excluding hydrogens is 236 g/mol. The average molecular weight is 262 g/mol. The smallest absolute Gasteiger partial charge is 0.373 e. The fourth-order valence-electron chi connectivity index (χ4n) is 2.22. The minimum atomic E-state index is -2.59. The molecule has 102 valence electrons. The highest BCUT2D eigenvalue weighted by Crippen LogP contribution is 2.20. The Morgan fingerprint density at radius 2 is 1.65 bits per heavy atom. The Bertz CT molecular complexity index is 202. The van der Waals surface area contributed by atoms with Crippen LogP contribution in [0.3, 0.4) is 0 Å². The van der Waals surface area contributed by atoms with Crippen LogP contribution in [0, 0.1) is 0 Å². The highest BCUT2D eigenvalue weighted by Gasteiger charge is 2.51. The van der Waals surface area contributed by atoms with Crippen molar-refractivity contribution >= 4 is 8.80 Å². The maximum atomic E-state index is 5.93. The molecule has 0 aromatic carbocycles.